The van der Waals surface area contributed by atoms with E-state index in [0.29, 0.717) is 10.3 Å². The molecule has 1 atom stereocenters. The van der Waals surface area contributed by atoms with E-state index in [1.54, 1.807) is 6.20 Å². The predicted molar refractivity (Wildman–Crippen MR) is 57.7 cm³/mol. The van der Waals surface area contributed by atoms with Crippen LogP contribution in [0.5, 0.6) is 0 Å². The molecule has 2 nitrogen and oxygen atoms in total. The molecule has 0 aliphatic carbocycles. The van der Waals surface area contributed by atoms with Crippen LogP contribution in [-0.2, 0) is 0 Å². The van der Waals surface area contributed by atoms with E-state index >= 15 is 0 Å². The number of pyridine rings is 1. The van der Waals surface area contributed by atoms with Gasteiger partial charge in [0.15, 0.2) is 0 Å². The lowest BCUT2D eigenvalue weighted by Crippen LogP contribution is -2.03. The summed E-state index contributed by atoms with van der Waals surface area (Å²) in [5, 5.41) is 5.72. The van der Waals surface area contributed by atoms with Crippen molar-refractivity contribution < 1.29 is 0 Å². The zero-order chi connectivity index (χ0) is 9.26. The van der Waals surface area contributed by atoms with Gasteiger partial charge in [0, 0.05) is 18.0 Å². The standard InChI is InChI=1S/C9H11ClN2S/c1-6-2-3-11-8-4-7(10)5-12-9(8)13-6/h4-6,11H,2-3H2,1H3. The average molecular weight is 215 g/mol. The van der Waals surface area contributed by atoms with Crippen molar-refractivity contribution in [1.82, 2.24) is 4.98 Å². The first kappa shape index (κ1) is 9.16. The average Bonchev–Trinajstić information content (AvgIpc) is 2.25. The van der Waals surface area contributed by atoms with Gasteiger partial charge in [-0.25, -0.2) is 4.98 Å². The van der Waals surface area contributed by atoms with Gasteiger partial charge in [-0.3, -0.25) is 0 Å². The van der Waals surface area contributed by atoms with Crippen molar-refractivity contribution in [2.45, 2.75) is 23.6 Å². The van der Waals surface area contributed by atoms with Crippen LogP contribution >= 0.6 is 23.4 Å². The van der Waals surface area contributed by atoms with E-state index in [1.165, 1.54) is 6.42 Å². The summed E-state index contributed by atoms with van der Waals surface area (Å²) in [6.07, 6.45) is 2.87. The maximum atomic E-state index is 5.85. The minimum absolute atomic E-state index is 0.627. The molecule has 0 spiro atoms. The highest BCUT2D eigenvalue weighted by Crippen LogP contribution is 2.33. The maximum Gasteiger partial charge on any atom is 0.119 e. The molecule has 0 fully saturated rings. The predicted octanol–water partition coefficient (Wildman–Crippen LogP) is 3.03. The molecule has 1 aromatic rings. The van der Waals surface area contributed by atoms with Gasteiger partial charge in [-0.2, -0.15) is 0 Å². The molecule has 1 N–H and O–H groups in total. The normalized spacial score (nSPS) is 21.5. The smallest absolute Gasteiger partial charge is 0.119 e. The van der Waals surface area contributed by atoms with Crippen LogP contribution in [0.4, 0.5) is 5.69 Å². The van der Waals surface area contributed by atoms with Crippen LogP contribution in [0.2, 0.25) is 5.02 Å². The van der Waals surface area contributed by atoms with Crippen LogP contribution in [0.3, 0.4) is 0 Å². The summed E-state index contributed by atoms with van der Waals surface area (Å²) in [4.78, 5) is 4.30. The van der Waals surface area contributed by atoms with Gasteiger partial charge in [0.05, 0.1) is 10.7 Å². The molecule has 2 rings (SSSR count). The fourth-order valence-corrected chi connectivity index (χ4v) is 2.45. The molecule has 13 heavy (non-hydrogen) atoms. The fraction of sp³-hybridized carbons (Fsp3) is 0.444. The first-order chi connectivity index (χ1) is 6.25. The van der Waals surface area contributed by atoms with Gasteiger partial charge >= 0.3 is 0 Å². The Balaban J connectivity index is 2.34. The molecule has 2 heterocycles. The molecule has 1 unspecified atom stereocenters. The third-order valence-corrected chi connectivity index (χ3v) is 3.39. The van der Waals surface area contributed by atoms with E-state index in [1.807, 2.05) is 17.8 Å². The molecule has 0 radical (unpaired) electrons. The van der Waals surface area contributed by atoms with Crippen molar-refractivity contribution in [1.29, 1.82) is 0 Å². The first-order valence-electron chi connectivity index (χ1n) is 4.32. The van der Waals surface area contributed by atoms with Gasteiger partial charge in [0.2, 0.25) is 0 Å². The van der Waals surface area contributed by atoms with Crippen molar-refractivity contribution in [2.24, 2.45) is 0 Å². The molecule has 0 aromatic carbocycles. The Labute approximate surface area is 87.1 Å². The number of halogens is 1. The Bertz CT molecular complexity index is 316. The zero-order valence-electron chi connectivity index (χ0n) is 7.38. The Hall–Kier alpha value is -0.410. The van der Waals surface area contributed by atoms with E-state index in [0.717, 1.165) is 17.3 Å². The number of thioether (sulfide) groups is 1. The van der Waals surface area contributed by atoms with Crippen molar-refractivity contribution in [3.8, 4) is 0 Å². The summed E-state index contributed by atoms with van der Waals surface area (Å²) in [5.41, 5.74) is 1.07. The molecule has 0 saturated heterocycles. The zero-order valence-corrected chi connectivity index (χ0v) is 8.95. The molecule has 4 heteroatoms. The third kappa shape index (κ3) is 2.09. The summed E-state index contributed by atoms with van der Waals surface area (Å²) in [6, 6.07) is 1.94. The summed E-state index contributed by atoms with van der Waals surface area (Å²) in [7, 11) is 0. The molecule has 70 valence electrons. The number of rotatable bonds is 0. The van der Waals surface area contributed by atoms with E-state index in [9.17, 15) is 0 Å². The maximum absolute atomic E-state index is 5.85. The van der Waals surface area contributed by atoms with Crippen LogP contribution < -0.4 is 5.32 Å². The highest BCUT2D eigenvalue weighted by molar-refractivity contribution is 8.00. The lowest BCUT2D eigenvalue weighted by Gasteiger charge is -2.06. The van der Waals surface area contributed by atoms with Gasteiger partial charge in [-0.05, 0) is 12.5 Å². The number of hydrogen-bond donors (Lipinski definition) is 1. The van der Waals surface area contributed by atoms with E-state index in [4.69, 9.17) is 11.6 Å². The summed E-state index contributed by atoms with van der Waals surface area (Å²) < 4.78 is 0. The molecule has 0 amide bonds. The molecule has 1 aliphatic heterocycles. The van der Waals surface area contributed by atoms with Gasteiger partial charge < -0.3 is 5.32 Å². The van der Waals surface area contributed by atoms with E-state index in [-0.39, 0.29) is 0 Å². The fourth-order valence-electron chi connectivity index (χ4n) is 1.31. The third-order valence-electron chi connectivity index (χ3n) is 2.00. The summed E-state index contributed by atoms with van der Waals surface area (Å²) >= 11 is 7.66. The summed E-state index contributed by atoms with van der Waals surface area (Å²) in [5.74, 6) is 0. The second-order valence-corrected chi connectivity index (χ2v) is 5.01. The second kappa shape index (κ2) is 3.76. The van der Waals surface area contributed by atoms with E-state index < -0.39 is 0 Å². The minimum Gasteiger partial charge on any atom is -0.383 e. The SMILES string of the molecule is CC1CCNc2cc(Cl)cnc2S1. The van der Waals surface area contributed by atoms with Crippen LogP contribution in [0.1, 0.15) is 13.3 Å². The van der Waals surface area contributed by atoms with Crippen molar-refractivity contribution in [3.05, 3.63) is 17.3 Å². The quantitative estimate of drug-likeness (QED) is 0.719. The lowest BCUT2D eigenvalue weighted by atomic mass is 10.3. The number of hydrogen-bond acceptors (Lipinski definition) is 3. The Kier molecular flexibility index (Phi) is 2.65. The number of anilines is 1. The number of aromatic nitrogens is 1. The van der Waals surface area contributed by atoms with Crippen molar-refractivity contribution in [3.63, 3.8) is 0 Å². The molecular formula is C9H11ClN2S. The minimum atomic E-state index is 0.627. The van der Waals surface area contributed by atoms with Crippen LogP contribution in [-0.4, -0.2) is 16.8 Å². The van der Waals surface area contributed by atoms with Crippen LogP contribution in [0.25, 0.3) is 0 Å². The van der Waals surface area contributed by atoms with Gasteiger partial charge in [0.1, 0.15) is 5.03 Å². The Morgan fingerprint density at radius 2 is 2.54 bits per heavy atom. The van der Waals surface area contributed by atoms with Crippen LogP contribution in [0.15, 0.2) is 17.3 Å². The van der Waals surface area contributed by atoms with Gasteiger partial charge in [0.25, 0.3) is 0 Å². The number of fused-ring (bicyclic) bond motifs is 1. The van der Waals surface area contributed by atoms with Gasteiger partial charge in [-0.15, -0.1) is 11.8 Å². The van der Waals surface area contributed by atoms with Gasteiger partial charge in [-0.1, -0.05) is 18.5 Å². The Morgan fingerprint density at radius 1 is 1.69 bits per heavy atom. The monoisotopic (exact) mass is 214 g/mol. The summed E-state index contributed by atoms with van der Waals surface area (Å²) in [6.45, 7) is 3.22. The highest BCUT2D eigenvalue weighted by Gasteiger charge is 2.14. The molecule has 0 bridgehead atoms. The van der Waals surface area contributed by atoms with Crippen LogP contribution in [0, 0.1) is 0 Å². The second-order valence-electron chi connectivity index (χ2n) is 3.15. The molecule has 1 aromatic heterocycles. The number of nitrogens with zero attached hydrogens (tertiary/aromatic N) is 1. The highest BCUT2D eigenvalue weighted by atomic mass is 35.5. The lowest BCUT2D eigenvalue weighted by molar-refractivity contribution is 0.860. The van der Waals surface area contributed by atoms with Crippen molar-refractivity contribution in [2.75, 3.05) is 11.9 Å². The largest absolute Gasteiger partial charge is 0.383 e. The number of nitrogens with one attached hydrogen (secondary N) is 1. The molecule has 0 saturated carbocycles. The molecular weight excluding hydrogens is 204 g/mol. The topological polar surface area (TPSA) is 24.9 Å². The first-order valence-corrected chi connectivity index (χ1v) is 5.57. The Morgan fingerprint density at radius 3 is 3.38 bits per heavy atom. The van der Waals surface area contributed by atoms with Crippen molar-refractivity contribution >= 4 is 29.1 Å². The van der Waals surface area contributed by atoms with E-state index in [2.05, 4.69) is 17.2 Å². The molecule has 1 aliphatic rings.